The molecule has 2 saturated carbocycles. The molecule has 2 fully saturated rings. The summed E-state index contributed by atoms with van der Waals surface area (Å²) < 4.78 is 0. The van der Waals surface area contributed by atoms with Crippen LogP contribution in [-0.2, 0) is 4.79 Å². The Hall–Kier alpha value is -1.26. The molecule has 0 heterocycles. The lowest BCUT2D eigenvalue weighted by Crippen LogP contribution is -2.52. The topological polar surface area (TPSA) is 78.4 Å². The molecule has 114 valence electrons. The SMILES string of the molecule is CC1(NC(=O)NCC2CCCC2C(=O)O)CCCCC1. The molecular formula is C15H26N2O3. The molecule has 0 bridgehead atoms. The summed E-state index contributed by atoms with van der Waals surface area (Å²) in [5.74, 6) is -0.938. The van der Waals surface area contributed by atoms with Gasteiger partial charge in [-0.25, -0.2) is 4.79 Å². The van der Waals surface area contributed by atoms with E-state index in [1.165, 1.54) is 19.3 Å². The molecule has 3 N–H and O–H groups in total. The molecule has 0 saturated heterocycles. The molecule has 2 atom stereocenters. The third-order valence-electron chi connectivity index (χ3n) is 4.87. The number of amides is 2. The van der Waals surface area contributed by atoms with Crippen molar-refractivity contribution in [1.82, 2.24) is 10.6 Å². The number of carbonyl (C=O) groups excluding carboxylic acids is 1. The van der Waals surface area contributed by atoms with Gasteiger partial charge in [0.05, 0.1) is 5.92 Å². The molecule has 5 nitrogen and oxygen atoms in total. The van der Waals surface area contributed by atoms with Gasteiger partial charge in [-0.05, 0) is 38.5 Å². The van der Waals surface area contributed by atoms with Crippen LogP contribution in [0.1, 0.15) is 58.3 Å². The van der Waals surface area contributed by atoms with E-state index in [-0.39, 0.29) is 23.4 Å². The van der Waals surface area contributed by atoms with Gasteiger partial charge in [0.2, 0.25) is 0 Å². The normalized spacial score (nSPS) is 28.9. The monoisotopic (exact) mass is 282 g/mol. The van der Waals surface area contributed by atoms with Crippen molar-refractivity contribution in [3.63, 3.8) is 0 Å². The van der Waals surface area contributed by atoms with Crippen LogP contribution in [0.3, 0.4) is 0 Å². The molecule has 20 heavy (non-hydrogen) atoms. The average molecular weight is 282 g/mol. The quantitative estimate of drug-likeness (QED) is 0.741. The minimum atomic E-state index is -0.728. The van der Waals surface area contributed by atoms with Crippen LogP contribution in [0, 0.1) is 11.8 Å². The van der Waals surface area contributed by atoms with E-state index < -0.39 is 5.97 Å². The number of carboxylic acids is 1. The predicted molar refractivity (Wildman–Crippen MR) is 76.5 cm³/mol. The molecular weight excluding hydrogens is 256 g/mol. The summed E-state index contributed by atoms with van der Waals surface area (Å²) in [7, 11) is 0. The molecule has 2 unspecified atom stereocenters. The molecule has 2 amide bonds. The number of carboxylic acid groups (broad SMARTS) is 1. The minimum absolute atomic E-state index is 0.0809. The maximum Gasteiger partial charge on any atom is 0.315 e. The second-order valence-electron chi connectivity index (χ2n) is 6.59. The van der Waals surface area contributed by atoms with Gasteiger partial charge in [0.1, 0.15) is 0 Å². The van der Waals surface area contributed by atoms with Gasteiger partial charge >= 0.3 is 12.0 Å². The Morgan fingerprint density at radius 2 is 1.85 bits per heavy atom. The summed E-state index contributed by atoms with van der Waals surface area (Å²) >= 11 is 0. The minimum Gasteiger partial charge on any atom is -0.481 e. The first-order valence-corrected chi connectivity index (χ1v) is 7.79. The molecule has 0 spiro atoms. The Bertz CT molecular complexity index is 364. The molecule has 2 aliphatic rings. The van der Waals surface area contributed by atoms with E-state index in [4.69, 9.17) is 5.11 Å². The Labute approximate surface area is 120 Å². The van der Waals surface area contributed by atoms with E-state index in [0.29, 0.717) is 6.54 Å². The summed E-state index contributed by atoms with van der Waals surface area (Å²) in [6.45, 7) is 2.57. The molecule has 0 aromatic carbocycles. The molecule has 0 aliphatic heterocycles. The Morgan fingerprint density at radius 3 is 2.50 bits per heavy atom. The lowest BCUT2D eigenvalue weighted by atomic mass is 9.83. The van der Waals surface area contributed by atoms with E-state index in [9.17, 15) is 9.59 Å². The zero-order valence-electron chi connectivity index (χ0n) is 12.3. The number of hydrogen-bond donors (Lipinski definition) is 3. The van der Waals surface area contributed by atoms with Crippen LogP contribution in [0.25, 0.3) is 0 Å². The fourth-order valence-corrected chi connectivity index (χ4v) is 3.61. The molecule has 0 aromatic heterocycles. The largest absolute Gasteiger partial charge is 0.481 e. The van der Waals surface area contributed by atoms with Crippen molar-refractivity contribution >= 4 is 12.0 Å². The summed E-state index contributed by atoms with van der Waals surface area (Å²) in [6, 6.07) is -0.148. The molecule has 0 aromatic rings. The third-order valence-corrected chi connectivity index (χ3v) is 4.87. The highest BCUT2D eigenvalue weighted by molar-refractivity contribution is 5.75. The number of carbonyl (C=O) groups is 2. The van der Waals surface area contributed by atoms with Crippen molar-refractivity contribution in [3.05, 3.63) is 0 Å². The smallest absolute Gasteiger partial charge is 0.315 e. The second-order valence-corrected chi connectivity index (χ2v) is 6.59. The van der Waals surface area contributed by atoms with Crippen LogP contribution in [0.5, 0.6) is 0 Å². The average Bonchev–Trinajstić information content (AvgIpc) is 2.85. The summed E-state index contributed by atoms with van der Waals surface area (Å²) in [4.78, 5) is 23.1. The van der Waals surface area contributed by atoms with Gasteiger partial charge < -0.3 is 15.7 Å². The van der Waals surface area contributed by atoms with Crippen molar-refractivity contribution in [2.24, 2.45) is 11.8 Å². The fourth-order valence-electron chi connectivity index (χ4n) is 3.61. The van der Waals surface area contributed by atoms with Gasteiger partial charge in [0.25, 0.3) is 0 Å². The lowest BCUT2D eigenvalue weighted by molar-refractivity contribution is -0.142. The third kappa shape index (κ3) is 3.87. The van der Waals surface area contributed by atoms with Crippen molar-refractivity contribution in [2.75, 3.05) is 6.54 Å². The van der Waals surface area contributed by atoms with Crippen LogP contribution in [0.4, 0.5) is 4.79 Å². The zero-order valence-corrected chi connectivity index (χ0v) is 12.3. The maximum absolute atomic E-state index is 12.0. The van der Waals surface area contributed by atoms with Crippen molar-refractivity contribution in [3.8, 4) is 0 Å². The van der Waals surface area contributed by atoms with Gasteiger partial charge in [0.15, 0.2) is 0 Å². The first kappa shape index (κ1) is 15.1. The van der Waals surface area contributed by atoms with E-state index >= 15 is 0 Å². The number of rotatable bonds is 4. The molecule has 2 rings (SSSR count). The van der Waals surface area contributed by atoms with E-state index in [1.807, 2.05) is 0 Å². The highest BCUT2D eigenvalue weighted by Gasteiger charge is 2.33. The Morgan fingerprint density at radius 1 is 1.15 bits per heavy atom. The first-order valence-electron chi connectivity index (χ1n) is 7.79. The summed E-state index contributed by atoms with van der Waals surface area (Å²) in [6.07, 6.45) is 8.23. The van der Waals surface area contributed by atoms with Gasteiger partial charge in [0, 0.05) is 12.1 Å². The molecule has 0 radical (unpaired) electrons. The van der Waals surface area contributed by atoms with Crippen molar-refractivity contribution < 1.29 is 14.7 Å². The Kier molecular flexibility index (Phi) is 4.89. The molecule has 5 heteroatoms. The second kappa shape index (κ2) is 6.46. The maximum atomic E-state index is 12.0. The number of nitrogens with one attached hydrogen (secondary N) is 2. The highest BCUT2D eigenvalue weighted by atomic mass is 16.4. The van der Waals surface area contributed by atoms with Gasteiger partial charge in [-0.15, -0.1) is 0 Å². The van der Waals surface area contributed by atoms with Crippen LogP contribution in [0.15, 0.2) is 0 Å². The summed E-state index contributed by atoms with van der Waals surface area (Å²) in [5.41, 5.74) is -0.0930. The number of aliphatic carboxylic acids is 1. The van der Waals surface area contributed by atoms with Crippen LogP contribution >= 0.6 is 0 Å². The van der Waals surface area contributed by atoms with Gasteiger partial charge in [-0.2, -0.15) is 0 Å². The van der Waals surface area contributed by atoms with Crippen LogP contribution < -0.4 is 10.6 Å². The van der Waals surface area contributed by atoms with E-state index in [1.54, 1.807) is 0 Å². The molecule has 2 aliphatic carbocycles. The Balaban J connectivity index is 1.76. The summed E-state index contributed by atoms with van der Waals surface area (Å²) in [5, 5.41) is 15.1. The van der Waals surface area contributed by atoms with Crippen LogP contribution in [-0.4, -0.2) is 29.2 Å². The standard InChI is InChI=1S/C15H26N2O3/c1-15(8-3-2-4-9-15)17-14(20)16-10-11-6-5-7-12(11)13(18)19/h11-12H,2-10H2,1H3,(H,18,19)(H2,16,17,20). The zero-order chi connectivity index (χ0) is 14.6. The van der Waals surface area contributed by atoms with Crippen molar-refractivity contribution in [2.45, 2.75) is 63.8 Å². The van der Waals surface area contributed by atoms with Crippen molar-refractivity contribution in [1.29, 1.82) is 0 Å². The highest BCUT2D eigenvalue weighted by Crippen LogP contribution is 2.31. The van der Waals surface area contributed by atoms with E-state index in [2.05, 4.69) is 17.6 Å². The predicted octanol–water partition coefficient (Wildman–Crippen LogP) is 2.51. The van der Waals surface area contributed by atoms with Crippen LogP contribution in [0.2, 0.25) is 0 Å². The first-order chi connectivity index (χ1) is 9.50. The fraction of sp³-hybridized carbons (Fsp3) is 0.867. The number of hydrogen-bond acceptors (Lipinski definition) is 2. The van der Waals surface area contributed by atoms with Gasteiger partial charge in [-0.3, -0.25) is 4.79 Å². The number of urea groups is 1. The van der Waals surface area contributed by atoms with E-state index in [0.717, 1.165) is 32.1 Å². The van der Waals surface area contributed by atoms with Gasteiger partial charge in [-0.1, -0.05) is 25.7 Å². The lowest BCUT2D eigenvalue weighted by Gasteiger charge is -2.34.